The van der Waals surface area contributed by atoms with Crippen LogP contribution in [0.5, 0.6) is 0 Å². The Labute approximate surface area is 145 Å². The fourth-order valence-electron chi connectivity index (χ4n) is 1.98. The van der Waals surface area contributed by atoms with Gasteiger partial charge in [-0.2, -0.15) is 23.7 Å². The molecule has 2 aromatic heterocycles. The maximum absolute atomic E-state index is 12.5. The van der Waals surface area contributed by atoms with Gasteiger partial charge in [0.05, 0.1) is 5.69 Å². The number of nitrogens with zero attached hydrogens (tertiary/aromatic N) is 4. The van der Waals surface area contributed by atoms with Crippen LogP contribution in [0.1, 0.15) is 22.4 Å². The molecule has 0 radical (unpaired) electrons. The van der Waals surface area contributed by atoms with Crippen LogP contribution in [-0.4, -0.2) is 17.0 Å². The summed E-state index contributed by atoms with van der Waals surface area (Å²) in [6.07, 6.45) is -3.38. The van der Waals surface area contributed by atoms with Gasteiger partial charge in [0.15, 0.2) is 0 Å². The smallest absolute Gasteiger partial charge is 0.386 e. The second-order valence-electron chi connectivity index (χ2n) is 4.74. The molecule has 6 nitrogen and oxygen atoms in total. The van der Waals surface area contributed by atoms with Crippen molar-refractivity contribution >= 4 is 23.3 Å². The molecule has 0 aliphatic rings. The summed E-state index contributed by atoms with van der Waals surface area (Å²) in [5.74, 6) is 0.209. The van der Waals surface area contributed by atoms with Gasteiger partial charge in [0.2, 0.25) is 0 Å². The van der Waals surface area contributed by atoms with Gasteiger partial charge in [0.25, 0.3) is 0 Å². The maximum Gasteiger partial charge on any atom is 0.433 e. The van der Waals surface area contributed by atoms with Gasteiger partial charge < -0.3 is 11.1 Å². The van der Waals surface area contributed by atoms with Crippen LogP contribution in [0.4, 0.5) is 24.7 Å². The molecule has 0 atom stereocenters. The zero-order valence-corrected chi connectivity index (χ0v) is 13.7. The number of nitrogen functional groups attached to an aromatic ring is 1. The molecule has 2 heterocycles. The second-order valence-corrected chi connectivity index (χ2v) is 5.70. The summed E-state index contributed by atoms with van der Waals surface area (Å²) in [6, 6.07) is 6.05. The largest absolute Gasteiger partial charge is 0.433 e. The predicted molar refractivity (Wildman–Crippen MR) is 86.4 cm³/mol. The molecule has 0 aliphatic heterocycles. The predicted octanol–water partition coefficient (Wildman–Crippen LogP) is 3.15. The van der Waals surface area contributed by atoms with E-state index in [1.165, 1.54) is 6.07 Å². The standard InChI is InChI=1S/C15H11F3N6S/c1-22-12-9(4-19)13(21)24-14(10(12)5-20)25-7-8-2-3-11(23-6-8)15(16,17)18/h2-3,6H,7H2,1H3,(H3,21,22,24). The van der Waals surface area contributed by atoms with E-state index in [9.17, 15) is 18.4 Å². The van der Waals surface area contributed by atoms with Crippen LogP contribution in [0.15, 0.2) is 23.4 Å². The lowest BCUT2D eigenvalue weighted by Crippen LogP contribution is -2.07. The van der Waals surface area contributed by atoms with Crippen molar-refractivity contribution in [1.82, 2.24) is 9.97 Å². The van der Waals surface area contributed by atoms with Crippen molar-refractivity contribution in [2.45, 2.75) is 17.0 Å². The molecule has 0 saturated heterocycles. The Bertz CT molecular complexity index is 865. The number of thioether (sulfide) groups is 1. The number of nitriles is 2. The first-order valence-corrected chi connectivity index (χ1v) is 7.76. The minimum atomic E-state index is -4.50. The van der Waals surface area contributed by atoms with E-state index in [1.807, 2.05) is 12.1 Å². The van der Waals surface area contributed by atoms with Crippen LogP contribution < -0.4 is 11.1 Å². The van der Waals surface area contributed by atoms with Gasteiger partial charge in [-0.25, -0.2) is 4.98 Å². The van der Waals surface area contributed by atoms with Crippen molar-refractivity contribution in [2.24, 2.45) is 0 Å². The van der Waals surface area contributed by atoms with Crippen molar-refractivity contribution in [3.8, 4) is 12.1 Å². The van der Waals surface area contributed by atoms with Crippen LogP contribution in [0.3, 0.4) is 0 Å². The van der Waals surface area contributed by atoms with Crippen LogP contribution in [0.2, 0.25) is 0 Å². The minimum Gasteiger partial charge on any atom is -0.386 e. The summed E-state index contributed by atoms with van der Waals surface area (Å²) in [5, 5.41) is 21.5. The fraction of sp³-hybridized carbons (Fsp3) is 0.200. The molecule has 0 bridgehead atoms. The SMILES string of the molecule is CNc1c(C#N)c(N)nc(SCc2ccc(C(F)(F)F)nc2)c1C#N. The lowest BCUT2D eigenvalue weighted by molar-refractivity contribution is -0.141. The summed E-state index contributed by atoms with van der Waals surface area (Å²) in [7, 11) is 1.55. The molecule has 2 rings (SSSR count). The summed E-state index contributed by atoms with van der Waals surface area (Å²) >= 11 is 1.12. The van der Waals surface area contributed by atoms with Gasteiger partial charge >= 0.3 is 6.18 Å². The molecule has 2 aromatic rings. The average Bonchev–Trinajstić information content (AvgIpc) is 2.58. The number of pyridine rings is 2. The number of anilines is 2. The highest BCUT2D eigenvalue weighted by Crippen LogP contribution is 2.34. The highest BCUT2D eigenvalue weighted by molar-refractivity contribution is 7.98. The van der Waals surface area contributed by atoms with Crippen molar-refractivity contribution in [3.05, 3.63) is 40.7 Å². The lowest BCUT2D eigenvalue weighted by atomic mass is 10.1. The van der Waals surface area contributed by atoms with Crippen LogP contribution in [-0.2, 0) is 11.9 Å². The molecule has 0 amide bonds. The first kappa shape index (κ1) is 18.4. The quantitative estimate of drug-likeness (QED) is 0.802. The first-order chi connectivity index (χ1) is 11.8. The van der Waals surface area contributed by atoms with E-state index in [-0.39, 0.29) is 33.4 Å². The third-order valence-electron chi connectivity index (χ3n) is 3.16. The Morgan fingerprint density at radius 3 is 2.40 bits per heavy atom. The molecular formula is C15H11F3N6S. The molecule has 0 unspecified atom stereocenters. The fourth-order valence-corrected chi connectivity index (χ4v) is 2.91. The molecule has 3 N–H and O–H groups in total. The Balaban J connectivity index is 2.28. The highest BCUT2D eigenvalue weighted by atomic mass is 32.2. The zero-order valence-electron chi connectivity index (χ0n) is 12.8. The molecule has 0 saturated carbocycles. The molecular weight excluding hydrogens is 353 g/mol. The first-order valence-electron chi connectivity index (χ1n) is 6.78. The number of nitrogens with one attached hydrogen (secondary N) is 1. The molecule has 0 spiro atoms. The Morgan fingerprint density at radius 1 is 1.24 bits per heavy atom. The molecule has 128 valence electrons. The van der Waals surface area contributed by atoms with Gasteiger partial charge in [-0.05, 0) is 11.6 Å². The lowest BCUT2D eigenvalue weighted by Gasteiger charge is -2.12. The topological polar surface area (TPSA) is 111 Å². The van der Waals surface area contributed by atoms with E-state index >= 15 is 0 Å². The minimum absolute atomic E-state index is 0.0288. The van der Waals surface area contributed by atoms with Crippen molar-refractivity contribution in [2.75, 3.05) is 18.1 Å². The van der Waals surface area contributed by atoms with Crippen molar-refractivity contribution in [1.29, 1.82) is 10.5 Å². The summed E-state index contributed by atoms with van der Waals surface area (Å²) in [6.45, 7) is 0. The monoisotopic (exact) mass is 364 g/mol. The third kappa shape index (κ3) is 3.92. The number of alkyl halides is 3. The number of halogens is 3. The second kappa shape index (κ2) is 7.28. The van der Waals surface area contributed by atoms with E-state index in [0.29, 0.717) is 5.56 Å². The average molecular weight is 364 g/mol. The van der Waals surface area contributed by atoms with E-state index in [1.54, 1.807) is 7.05 Å². The number of hydrogen-bond acceptors (Lipinski definition) is 7. The van der Waals surface area contributed by atoms with Gasteiger partial charge in [-0.15, -0.1) is 11.8 Å². The number of nitrogens with two attached hydrogens (primary N) is 1. The third-order valence-corrected chi connectivity index (χ3v) is 4.20. The van der Waals surface area contributed by atoms with Gasteiger partial charge in [0, 0.05) is 19.0 Å². The Morgan fingerprint density at radius 2 is 1.92 bits per heavy atom. The molecule has 10 heteroatoms. The van der Waals surface area contributed by atoms with E-state index in [0.717, 1.165) is 24.0 Å². The number of aromatic nitrogens is 2. The molecule has 0 aromatic carbocycles. The maximum atomic E-state index is 12.5. The van der Waals surface area contributed by atoms with E-state index in [4.69, 9.17) is 11.0 Å². The molecule has 0 aliphatic carbocycles. The zero-order chi connectivity index (χ0) is 18.6. The van der Waals surface area contributed by atoms with Gasteiger partial charge in [0.1, 0.15) is 39.8 Å². The highest BCUT2D eigenvalue weighted by Gasteiger charge is 2.32. The molecule has 0 fully saturated rings. The summed E-state index contributed by atoms with van der Waals surface area (Å²) < 4.78 is 37.5. The van der Waals surface area contributed by atoms with Crippen LogP contribution in [0.25, 0.3) is 0 Å². The van der Waals surface area contributed by atoms with Crippen molar-refractivity contribution in [3.63, 3.8) is 0 Å². The Hall–Kier alpha value is -2.98. The summed E-state index contributed by atoms with van der Waals surface area (Å²) in [5.41, 5.74) is 5.77. The number of hydrogen-bond donors (Lipinski definition) is 2. The summed E-state index contributed by atoms with van der Waals surface area (Å²) in [4.78, 5) is 7.43. The van der Waals surface area contributed by atoms with Gasteiger partial charge in [-0.3, -0.25) is 4.98 Å². The Kier molecular flexibility index (Phi) is 5.35. The van der Waals surface area contributed by atoms with Crippen LogP contribution >= 0.6 is 11.8 Å². The van der Waals surface area contributed by atoms with Gasteiger partial charge in [-0.1, -0.05) is 6.07 Å². The van der Waals surface area contributed by atoms with E-state index in [2.05, 4.69) is 15.3 Å². The number of rotatable bonds is 4. The van der Waals surface area contributed by atoms with E-state index < -0.39 is 11.9 Å². The van der Waals surface area contributed by atoms with Crippen molar-refractivity contribution < 1.29 is 13.2 Å². The van der Waals surface area contributed by atoms with Crippen LogP contribution in [0, 0.1) is 22.7 Å². The normalized spacial score (nSPS) is 10.8. The molecule has 25 heavy (non-hydrogen) atoms.